The second-order valence-corrected chi connectivity index (χ2v) is 9.50. The van der Waals surface area contributed by atoms with Gasteiger partial charge in [-0.2, -0.15) is 5.10 Å². The SMILES string of the molecule is CC(C)(C)c1cc(C(=O)NNC(=O)OCCN2CCN(Cc3cc4ccccc4o3)CC2)n[nH]1. The average molecular weight is 469 g/mol. The van der Waals surface area contributed by atoms with Crippen molar-refractivity contribution in [2.75, 3.05) is 39.3 Å². The van der Waals surface area contributed by atoms with Crippen LogP contribution < -0.4 is 10.9 Å². The molecule has 3 N–H and O–H groups in total. The molecule has 0 unspecified atom stereocenters. The molecule has 0 saturated carbocycles. The third kappa shape index (κ3) is 6.15. The number of aromatic amines is 1. The molecule has 0 bridgehead atoms. The number of aromatic nitrogens is 2. The van der Waals surface area contributed by atoms with Gasteiger partial charge in [-0.05, 0) is 18.2 Å². The number of nitrogens with zero attached hydrogens (tertiary/aromatic N) is 3. The van der Waals surface area contributed by atoms with Gasteiger partial charge in [0.05, 0.1) is 6.54 Å². The summed E-state index contributed by atoms with van der Waals surface area (Å²) in [6, 6.07) is 11.8. The smallest absolute Gasteiger partial charge is 0.426 e. The standard InChI is InChI=1S/C24H32N6O4/c1-24(2,3)21-15-19(25-26-21)22(31)27-28-23(32)33-13-12-29-8-10-30(11-9-29)16-18-14-17-6-4-5-7-20(17)34-18/h4-7,14-15H,8-13,16H2,1-3H3,(H,25,26)(H,27,31)(H,28,32). The van der Waals surface area contributed by atoms with Crippen LogP contribution in [0.3, 0.4) is 0 Å². The van der Waals surface area contributed by atoms with E-state index in [9.17, 15) is 9.59 Å². The molecule has 0 radical (unpaired) electrons. The number of H-pyrrole nitrogens is 1. The van der Waals surface area contributed by atoms with Gasteiger partial charge < -0.3 is 9.15 Å². The van der Waals surface area contributed by atoms with Crippen LogP contribution in [0.25, 0.3) is 11.0 Å². The molecule has 1 aromatic carbocycles. The van der Waals surface area contributed by atoms with Crippen molar-refractivity contribution in [1.82, 2.24) is 30.8 Å². The number of para-hydroxylation sites is 1. The maximum Gasteiger partial charge on any atom is 0.426 e. The fourth-order valence-electron chi connectivity index (χ4n) is 3.80. The first-order valence-electron chi connectivity index (χ1n) is 11.5. The lowest BCUT2D eigenvalue weighted by Gasteiger charge is -2.33. The van der Waals surface area contributed by atoms with Crippen LogP contribution in [0.5, 0.6) is 0 Å². The Morgan fingerprint density at radius 3 is 2.53 bits per heavy atom. The van der Waals surface area contributed by atoms with Gasteiger partial charge >= 0.3 is 6.09 Å². The van der Waals surface area contributed by atoms with E-state index in [4.69, 9.17) is 9.15 Å². The van der Waals surface area contributed by atoms with Crippen LogP contribution in [-0.2, 0) is 16.7 Å². The van der Waals surface area contributed by atoms with Crippen molar-refractivity contribution in [3.05, 3.63) is 53.5 Å². The highest BCUT2D eigenvalue weighted by Crippen LogP contribution is 2.21. The summed E-state index contributed by atoms with van der Waals surface area (Å²) in [5.41, 5.74) is 6.37. The number of piperazine rings is 1. The number of ether oxygens (including phenoxy) is 1. The molecular weight excluding hydrogens is 436 g/mol. The van der Waals surface area contributed by atoms with Gasteiger partial charge in [-0.3, -0.25) is 25.1 Å². The van der Waals surface area contributed by atoms with Crippen LogP contribution in [0.2, 0.25) is 0 Å². The molecule has 3 aromatic rings. The van der Waals surface area contributed by atoms with Gasteiger partial charge in [-0.1, -0.05) is 39.0 Å². The molecule has 0 aliphatic carbocycles. The van der Waals surface area contributed by atoms with E-state index in [0.717, 1.165) is 55.1 Å². The Hall–Kier alpha value is -3.37. The Morgan fingerprint density at radius 2 is 1.82 bits per heavy atom. The molecule has 182 valence electrons. The molecule has 10 heteroatoms. The van der Waals surface area contributed by atoms with E-state index >= 15 is 0 Å². The number of hydrogen-bond acceptors (Lipinski definition) is 7. The topological polar surface area (TPSA) is 116 Å². The van der Waals surface area contributed by atoms with Gasteiger partial charge in [0.15, 0.2) is 5.69 Å². The highest BCUT2D eigenvalue weighted by molar-refractivity contribution is 5.93. The summed E-state index contributed by atoms with van der Waals surface area (Å²) in [7, 11) is 0. The number of amides is 2. The van der Waals surface area contributed by atoms with E-state index in [1.165, 1.54) is 0 Å². The average Bonchev–Trinajstić information content (AvgIpc) is 3.46. The van der Waals surface area contributed by atoms with Crippen LogP contribution >= 0.6 is 0 Å². The third-order valence-corrected chi connectivity index (χ3v) is 5.86. The Kier molecular flexibility index (Phi) is 7.18. The highest BCUT2D eigenvalue weighted by Gasteiger charge is 2.20. The molecule has 10 nitrogen and oxygen atoms in total. The van der Waals surface area contributed by atoms with Crippen LogP contribution in [0.1, 0.15) is 42.7 Å². The first kappa shape index (κ1) is 23.8. The molecule has 2 amide bonds. The maximum absolute atomic E-state index is 12.1. The minimum atomic E-state index is -0.705. The number of hydrazine groups is 1. The number of hydrogen-bond donors (Lipinski definition) is 3. The fourth-order valence-corrected chi connectivity index (χ4v) is 3.80. The second kappa shape index (κ2) is 10.3. The van der Waals surface area contributed by atoms with E-state index in [2.05, 4.69) is 43.0 Å². The number of carbonyl (C=O) groups is 2. The van der Waals surface area contributed by atoms with Crippen LogP contribution in [0.4, 0.5) is 4.79 Å². The van der Waals surface area contributed by atoms with Gasteiger partial charge in [-0.25, -0.2) is 10.2 Å². The van der Waals surface area contributed by atoms with Crippen molar-refractivity contribution in [1.29, 1.82) is 0 Å². The molecule has 1 aliphatic heterocycles. The molecule has 1 fully saturated rings. The second-order valence-electron chi connectivity index (χ2n) is 9.50. The molecule has 4 rings (SSSR count). The number of fused-ring (bicyclic) bond motifs is 1. The van der Waals surface area contributed by atoms with E-state index < -0.39 is 12.0 Å². The van der Waals surface area contributed by atoms with E-state index in [1.54, 1.807) is 6.07 Å². The number of rotatable bonds is 6. The molecule has 0 atom stereocenters. The molecule has 34 heavy (non-hydrogen) atoms. The molecular formula is C24H32N6O4. The van der Waals surface area contributed by atoms with E-state index in [-0.39, 0.29) is 17.7 Å². The summed E-state index contributed by atoms with van der Waals surface area (Å²) in [6.07, 6.45) is -0.705. The number of furan rings is 1. The zero-order chi connectivity index (χ0) is 24.1. The highest BCUT2D eigenvalue weighted by atomic mass is 16.6. The minimum absolute atomic E-state index is 0.156. The van der Waals surface area contributed by atoms with Gasteiger partial charge in [0.2, 0.25) is 0 Å². The monoisotopic (exact) mass is 468 g/mol. The van der Waals surface area contributed by atoms with Crippen molar-refractivity contribution in [3.63, 3.8) is 0 Å². The maximum atomic E-state index is 12.1. The van der Waals surface area contributed by atoms with Gasteiger partial charge in [-0.15, -0.1) is 0 Å². The zero-order valence-electron chi connectivity index (χ0n) is 19.9. The number of nitrogens with one attached hydrogen (secondary N) is 3. The summed E-state index contributed by atoms with van der Waals surface area (Å²) >= 11 is 0. The molecule has 1 saturated heterocycles. The van der Waals surface area contributed by atoms with Crippen LogP contribution in [0, 0.1) is 0 Å². The van der Waals surface area contributed by atoms with Crippen LogP contribution in [-0.4, -0.2) is 71.3 Å². The predicted molar refractivity (Wildman–Crippen MR) is 127 cm³/mol. The number of carbonyl (C=O) groups excluding carboxylic acids is 2. The van der Waals surface area contributed by atoms with E-state index in [1.807, 2.05) is 39.0 Å². The fraction of sp³-hybridized carbons (Fsp3) is 0.458. The Labute approximate surface area is 198 Å². The summed E-state index contributed by atoms with van der Waals surface area (Å²) in [5.74, 6) is 0.463. The van der Waals surface area contributed by atoms with Gasteiger partial charge in [0.25, 0.3) is 5.91 Å². The minimum Gasteiger partial charge on any atom is -0.460 e. The largest absolute Gasteiger partial charge is 0.460 e. The quantitative estimate of drug-likeness (QED) is 0.476. The van der Waals surface area contributed by atoms with Crippen molar-refractivity contribution >= 4 is 23.0 Å². The molecule has 3 heterocycles. The van der Waals surface area contributed by atoms with Crippen molar-refractivity contribution < 1.29 is 18.7 Å². The Morgan fingerprint density at radius 1 is 1.09 bits per heavy atom. The number of benzene rings is 1. The summed E-state index contributed by atoms with van der Waals surface area (Å²) in [6.45, 7) is 11.3. The lowest BCUT2D eigenvalue weighted by atomic mass is 9.92. The van der Waals surface area contributed by atoms with Gasteiger partial charge in [0, 0.05) is 49.2 Å². The van der Waals surface area contributed by atoms with Crippen molar-refractivity contribution in [3.8, 4) is 0 Å². The lowest BCUT2D eigenvalue weighted by Crippen LogP contribution is -2.47. The lowest BCUT2D eigenvalue weighted by molar-refractivity contribution is 0.0829. The summed E-state index contributed by atoms with van der Waals surface area (Å²) in [4.78, 5) is 28.6. The summed E-state index contributed by atoms with van der Waals surface area (Å²) < 4.78 is 11.1. The molecule has 0 spiro atoms. The molecule has 2 aromatic heterocycles. The summed E-state index contributed by atoms with van der Waals surface area (Å²) in [5, 5.41) is 7.95. The van der Waals surface area contributed by atoms with Crippen molar-refractivity contribution in [2.24, 2.45) is 0 Å². The first-order valence-corrected chi connectivity index (χ1v) is 11.5. The van der Waals surface area contributed by atoms with E-state index in [0.29, 0.717) is 6.54 Å². The Bertz CT molecular complexity index is 1090. The predicted octanol–water partition coefficient (Wildman–Crippen LogP) is 2.64. The van der Waals surface area contributed by atoms with Crippen LogP contribution in [0.15, 0.2) is 40.8 Å². The third-order valence-electron chi connectivity index (χ3n) is 5.86. The molecule has 1 aliphatic rings. The van der Waals surface area contributed by atoms with Crippen molar-refractivity contribution in [2.45, 2.75) is 32.7 Å². The zero-order valence-corrected chi connectivity index (χ0v) is 19.9. The first-order chi connectivity index (χ1) is 16.3. The van der Waals surface area contributed by atoms with Gasteiger partial charge in [0.1, 0.15) is 18.0 Å². The Balaban J connectivity index is 1.11. The normalized spacial score (nSPS) is 15.4.